The first-order chi connectivity index (χ1) is 6.91. The van der Waals surface area contributed by atoms with Gasteiger partial charge in [0.2, 0.25) is 5.82 Å². The van der Waals surface area contributed by atoms with Crippen molar-refractivity contribution in [3.05, 3.63) is 22.8 Å². The monoisotopic (exact) mass is 216 g/mol. The molecule has 0 saturated heterocycles. The molecule has 82 valence electrons. The molecule has 5 heteroatoms. The Kier molecular flexibility index (Phi) is 2.93. The molecule has 0 aliphatic rings. The number of carbonyl (C=O) groups excluding carboxylic acids is 1. The fourth-order valence-corrected chi connectivity index (χ4v) is 1.21. The zero-order valence-electron chi connectivity index (χ0n) is 8.27. The van der Waals surface area contributed by atoms with E-state index in [1.807, 2.05) is 0 Å². The normalized spacial score (nSPS) is 10.4. The highest BCUT2D eigenvalue weighted by molar-refractivity contribution is 5.99. The number of carbonyl (C=O) groups is 1. The van der Waals surface area contributed by atoms with Crippen LogP contribution >= 0.6 is 0 Å². The molecule has 0 bridgehead atoms. The molecular formula is C10H10F2O3. The number of phenolic OH excluding ortho intramolecular Hbond substituents is 2. The van der Waals surface area contributed by atoms with E-state index in [1.54, 1.807) is 0 Å². The molecule has 0 heterocycles. The fourth-order valence-electron chi connectivity index (χ4n) is 1.21. The number of hydrogen-bond donors (Lipinski definition) is 2. The highest BCUT2D eigenvalue weighted by atomic mass is 19.2. The number of rotatable bonds is 2. The second kappa shape index (κ2) is 3.84. The molecule has 0 aromatic heterocycles. The molecule has 0 amide bonds. The van der Waals surface area contributed by atoms with Gasteiger partial charge >= 0.3 is 0 Å². The van der Waals surface area contributed by atoms with Crippen molar-refractivity contribution in [2.75, 3.05) is 0 Å². The van der Waals surface area contributed by atoms with E-state index in [0.29, 0.717) is 0 Å². The molecule has 0 atom stereocenters. The van der Waals surface area contributed by atoms with Gasteiger partial charge in [0.25, 0.3) is 0 Å². The van der Waals surface area contributed by atoms with Crippen molar-refractivity contribution in [1.29, 1.82) is 0 Å². The molecule has 0 radical (unpaired) electrons. The van der Waals surface area contributed by atoms with Crippen LogP contribution in [0.4, 0.5) is 8.78 Å². The molecular weight excluding hydrogens is 206 g/mol. The topological polar surface area (TPSA) is 57.5 Å². The quantitative estimate of drug-likeness (QED) is 0.745. The van der Waals surface area contributed by atoms with E-state index in [0.717, 1.165) is 0 Å². The number of Topliss-reactive ketones (excluding diaryl/α,β-unsaturated/α-hetero) is 1. The number of phenols is 2. The lowest BCUT2D eigenvalue weighted by atomic mass is 10.0. The van der Waals surface area contributed by atoms with Crippen molar-refractivity contribution in [3.8, 4) is 11.5 Å². The molecule has 0 aliphatic heterocycles. The van der Waals surface area contributed by atoms with Crippen LogP contribution in [0.2, 0.25) is 0 Å². The minimum Gasteiger partial charge on any atom is -0.507 e. The molecule has 1 aromatic rings. The summed E-state index contributed by atoms with van der Waals surface area (Å²) in [6.45, 7) is 2.65. The summed E-state index contributed by atoms with van der Waals surface area (Å²) >= 11 is 0. The summed E-state index contributed by atoms with van der Waals surface area (Å²) in [5, 5.41) is 18.5. The van der Waals surface area contributed by atoms with E-state index < -0.39 is 34.5 Å². The van der Waals surface area contributed by atoms with Gasteiger partial charge in [-0.2, -0.15) is 4.39 Å². The molecule has 0 aliphatic carbocycles. The van der Waals surface area contributed by atoms with Gasteiger partial charge < -0.3 is 10.2 Å². The van der Waals surface area contributed by atoms with Gasteiger partial charge in [-0.25, -0.2) is 4.39 Å². The molecule has 15 heavy (non-hydrogen) atoms. The molecule has 1 rings (SSSR count). The molecule has 0 fully saturated rings. The average Bonchev–Trinajstić information content (AvgIpc) is 2.23. The molecule has 1 aromatic carbocycles. The van der Waals surface area contributed by atoms with E-state index in [2.05, 4.69) is 0 Å². The van der Waals surface area contributed by atoms with Crippen molar-refractivity contribution in [2.24, 2.45) is 0 Å². The van der Waals surface area contributed by atoms with Gasteiger partial charge in [0, 0.05) is 12.0 Å². The predicted octanol–water partition coefficient (Wildman–Crippen LogP) is 2.28. The van der Waals surface area contributed by atoms with Crippen LogP contribution in [0.5, 0.6) is 11.5 Å². The Hall–Kier alpha value is -1.65. The summed E-state index contributed by atoms with van der Waals surface area (Å²) in [5.41, 5.74) is -0.948. The van der Waals surface area contributed by atoms with Gasteiger partial charge in [-0.15, -0.1) is 0 Å². The molecule has 0 saturated carbocycles. The van der Waals surface area contributed by atoms with E-state index in [4.69, 9.17) is 5.11 Å². The summed E-state index contributed by atoms with van der Waals surface area (Å²) in [6.07, 6.45) is -0.0614. The Labute approximate surface area is 85.0 Å². The number of ketones is 1. The van der Waals surface area contributed by atoms with Crippen molar-refractivity contribution in [2.45, 2.75) is 20.3 Å². The Morgan fingerprint density at radius 2 is 1.73 bits per heavy atom. The lowest BCUT2D eigenvalue weighted by Crippen LogP contribution is -2.05. The van der Waals surface area contributed by atoms with Crippen molar-refractivity contribution >= 4 is 5.78 Å². The molecule has 0 spiro atoms. The maximum atomic E-state index is 13.2. The van der Waals surface area contributed by atoms with Crippen LogP contribution in [-0.4, -0.2) is 16.0 Å². The van der Waals surface area contributed by atoms with Crippen LogP contribution in [0.15, 0.2) is 0 Å². The maximum Gasteiger partial charge on any atom is 0.201 e. The first-order valence-electron chi connectivity index (χ1n) is 4.34. The van der Waals surface area contributed by atoms with E-state index in [-0.39, 0.29) is 12.0 Å². The van der Waals surface area contributed by atoms with Crippen LogP contribution in [0.3, 0.4) is 0 Å². The average molecular weight is 216 g/mol. The van der Waals surface area contributed by atoms with Gasteiger partial charge in [-0.05, 0) is 6.92 Å². The summed E-state index contributed by atoms with van der Waals surface area (Å²) in [7, 11) is 0. The first-order valence-corrected chi connectivity index (χ1v) is 4.34. The third kappa shape index (κ3) is 1.65. The minimum absolute atomic E-state index is 0.0614. The minimum atomic E-state index is -1.51. The smallest absolute Gasteiger partial charge is 0.201 e. The summed E-state index contributed by atoms with van der Waals surface area (Å²) in [6, 6.07) is 0. The second-order valence-electron chi connectivity index (χ2n) is 3.10. The predicted molar refractivity (Wildman–Crippen MR) is 49.0 cm³/mol. The van der Waals surface area contributed by atoms with Crippen LogP contribution in [0, 0.1) is 18.6 Å². The standard InChI is InChI=1S/C10H10F2O3/c1-3-5(13)6-7(11)8(12)10(15)4(2)9(6)14/h14-15H,3H2,1-2H3. The highest BCUT2D eigenvalue weighted by Crippen LogP contribution is 2.35. The van der Waals surface area contributed by atoms with Crippen LogP contribution in [-0.2, 0) is 0 Å². The van der Waals surface area contributed by atoms with Crippen molar-refractivity contribution < 1.29 is 23.8 Å². The fraction of sp³-hybridized carbons (Fsp3) is 0.300. The van der Waals surface area contributed by atoms with E-state index >= 15 is 0 Å². The third-order valence-electron chi connectivity index (χ3n) is 2.17. The summed E-state index contributed by atoms with van der Waals surface area (Å²) in [5.74, 6) is -5.42. The Balaban J connectivity index is 3.60. The lowest BCUT2D eigenvalue weighted by molar-refractivity contribution is 0.0980. The SMILES string of the molecule is CCC(=O)c1c(O)c(C)c(O)c(F)c1F. The van der Waals surface area contributed by atoms with Gasteiger partial charge in [-0.1, -0.05) is 6.92 Å². The van der Waals surface area contributed by atoms with Gasteiger partial charge in [0.15, 0.2) is 17.3 Å². The van der Waals surface area contributed by atoms with Crippen LogP contribution in [0.1, 0.15) is 29.3 Å². The van der Waals surface area contributed by atoms with E-state index in [9.17, 15) is 18.7 Å². The number of halogens is 2. The molecule has 2 N–H and O–H groups in total. The molecule has 0 unspecified atom stereocenters. The second-order valence-corrected chi connectivity index (χ2v) is 3.10. The maximum absolute atomic E-state index is 13.2. The molecule has 3 nitrogen and oxygen atoms in total. The Bertz CT molecular complexity index is 398. The third-order valence-corrected chi connectivity index (χ3v) is 2.17. The number of aromatic hydroxyl groups is 2. The zero-order chi connectivity index (χ0) is 11.7. The zero-order valence-corrected chi connectivity index (χ0v) is 8.27. The largest absolute Gasteiger partial charge is 0.507 e. The summed E-state index contributed by atoms with van der Waals surface area (Å²) in [4.78, 5) is 11.2. The first kappa shape index (κ1) is 11.4. The summed E-state index contributed by atoms with van der Waals surface area (Å²) < 4.78 is 26.3. The van der Waals surface area contributed by atoms with E-state index in [1.165, 1.54) is 13.8 Å². The Morgan fingerprint density at radius 3 is 2.20 bits per heavy atom. The lowest BCUT2D eigenvalue weighted by Gasteiger charge is -2.09. The Morgan fingerprint density at radius 1 is 1.20 bits per heavy atom. The van der Waals surface area contributed by atoms with Gasteiger partial charge in [-0.3, -0.25) is 4.79 Å². The number of hydrogen-bond acceptors (Lipinski definition) is 3. The van der Waals surface area contributed by atoms with Crippen LogP contribution in [0.25, 0.3) is 0 Å². The van der Waals surface area contributed by atoms with Crippen molar-refractivity contribution in [1.82, 2.24) is 0 Å². The highest BCUT2D eigenvalue weighted by Gasteiger charge is 2.25. The van der Waals surface area contributed by atoms with Gasteiger partial charge in [0.05, 0.1) is 5.56 Å². The van der Waals surface area contributed by atoms with Crippen molar-refractivity contribution in [3.63, 3.8) is 0 Å². The van der Waals surface area contributed by atoms with Gasteiger partial charge in [0.1, 0.15) is 5.75 Å². The van der Waals surface area contributed by atoms with Crippen LogP contribution < -0.4 is 0 Å². The number of benzene rings is 1.